The molecule has 1 rings (SSSR count). The summed E-state index contributed by atoms with van der Waals surface area (Å²) < 4.78 is 0. The summed E-state index contributed by atoms with van der Waals surface area (Å²) in [5, 5.41) is 17.6. The van der Waals surface area contributed by atoms with Crippen molar-refractivity contribution in [3.05, 3.63) is 11.4 Å². The summed E-state index contributed by atoms with van der Waals surface area (Å²) >= 11 is 0. The Morgan fingerprint density at radius 1 is 1.67 bits per heavy atom. The zero-order valence-electron chi connectivity index (χ0n) is 4.53. The Labute approximate surface area is 50.7 Å². The molecule has 0 spiro atoms. The van der Waals surface area contributed by atoms with Gasteiger partial charge < -0.3 is 5.11 Å². The Kier molecular flexibility index (Phi) is 1.55. The van der Waals surface area contributed by atoms with Gasteiger partial charge in [-0.3, -0.25) is 4.79 Å². The van der Waals surface area contributed by atoms with Crippen LogP contribution in [0.1, 0.15) is 16.2 Å². The number of aliphatic hydroxyl groups excluding tert-OH is 1. The van der Waals surface area contributed by atoms with Crippen molar-refractivity contribution < 1.29 is 9.90 Å². The molecule has 0 aromatic carbocycles. The van der Waals surface area contributed by atoms with Gasteiger partial charge in [-0.05, 0) is 0 Å². The molecule has 1 aromatic rings. The van der Waals surface area contributed by atoms with Crippen LogP contribution in [-0.2, 0) is 6.61 Å². The molecule has 5 nitrogen and oxygen atoms in total. The minimum atomic E-state index is -0.259. The van der Waals surface area contributed by atoms with E-state index in [0.717, 1.165) is 0 Å². The minimum absolute atomic E-state index is 0.164. The van der Waals surface area contributed by atoms with Gasteiger partial charge in [0.1, 0.15) is 5.69 Å². The Morgan fingerprint density at radius 3 is 2.89 bits per heavy atom. The SMILES string of the molecule is O=Cc1n[nH]nc1CO. The molecular weight excluding hydrogens is 122 g/mol. The first-order valence-electron chi connectivity index (χ1n) is 2.34. The largest absolute Gasteiger partial charge is 0.390 e. The number of aromatic nitrogens is 3. The first-order valence-corrected chi connectivity index (χ1v) is 2.34. The monoisotopic (exact) mass is 127 g/mol. The minimum Gasteiger partial charge on any atom is -0.390 e. The molecule has 0 fully saturated rings. The van der Waals surface area contributed by atoms with E-state index in [-0.39, 0.29) is 18.0 Å². The highest BCUT2D eigenvalue weighted by atomic mass is 16.3. The molecule has 0 amide bonds. The maximum atomic E-state index is 10.0. The maximum absolute atomic E-state index is 10.0. The Hall–Kier alpha value is -1.23. The fraction of sp³-hybridized carbons (Fsp3) is 0.250. The number of aldehydes is 1. The number of aromatic amines is 1. The second-order valence-electron chi connectivity index (χ2n) is 1.43. The summed E-state index contributed by atoms with van der Waals surface area (Å²) in [5.74, 6) is 0. The number of carbonyl (C=O) groups excluding carboxylic acids is 1. The van der Waals surface area contributed by atoms with Crippen LogP contribution in [0.2, 0.25) is 0 Å². The molecule has 0 bridgehead atoms. The Bertz CT molecular complexity index is 207. The van der Waals surface area contributed by atoms with E-state index in [1.807, 2.05) is 0 Å². The van der Waals surface area contributed by atoms with Crippen LogP contribution < -0.4 is 0 Å². The first kappa shape index (κ1) is 5.90. The van der Waals surface area contributed by atoms with Crippen molar-refractivity contribution in [2.24, 2.45) is 0 Å². The smallest absolute Gasteiger partial charge is 0.172 e. The van der Waals surface area contributed by atoms with Crippen molar-refractivity contribution in [3.63, 3.8) is 0 Å². The molecule has 1 aromatic heterocycles. The van der Waals surface area contributed by atoms with E-state index >= 15 is 0 Å². The van der Waals surface area contributed by atoms with Crippen LogP contribution in [0.3, 0.4) is 0 Å². The number of hydrogen-bond donors (Lipinski definition) is 2. The average molecular weight is 127 g/mol. The highest BCUT2D eigenvalue weighted by molar-refractivity contribution is 5.72. The van der Waals surface area contributed by atoms with Gasteiger partial charge in [-0.15, -0.1) is 0 Å². The van der Waals surface area contributed by atoms with Crippen molar-refractivity contribution in [2.45, 2.75) is 6.61 Å². The molecule has 0 radical (unpaired) electrons. The third kappa shape index (κ3) is 0.945. The van der Waals surface area contributed by atoms with Crippen molar-refractivity contribution >= 4 is 6.29 Å². The van der Waals surface area contributed by atoms with Crippen molar-refractivity contribution in [1.82, 2.24) is 15.4 Å². The van der Waals surface area contributed by atoms with Gasteiger partial charge in [0.15, 0.2) is 12.0 Å². The Morgan fingerprint density at radius 2 is 2.44 bits per heavy atom. The highest BCUT2D eigenvalue weighted by Crippen LogP contribution is 1.94. The van der Waals surface area contributed by atoms with Gasteiger partial charge in [0.25, 0.3) is 0 Å². The number of hydrogen-bond acceptors (Lipinski definition) is 4. The third-order valence-corrected chi connectivity index (χ3v) is 0.912. The van der Waals surface area contributed by atoms with Gasteiger partial charge in [-0.1, -0.05) is 0 Å². The molecule has 2 N–H and O–H groups in total. The fourth-order valence-corrected chi connectivity index (χ4v) is 0.472. The highest BCUT2D eigenvalue weighted by Gasteiger charge is 2.02. The van der Waals surface area contributed by atoms with Crippen LogP contribution in [0, 0.1) is 0 Å². The van der Waals surface area contributed by atoms with Crippen LogP contribution in [0.15, 0.2) is 0 Å². The van der Waals surface area contributed by atoms with Gasteiger partial charge in [0, 0.05) is 0 Å². The standard InChI is InChI=1S/C4H5N3O2/c8-1-3-4(2-9)6-7-5-3/h1,9H,2H2,(H,5,6,7). The second kappa shape index (κ2) is 2.36. The number of nitrogens with zero attached hydrogens (tertiary/aromatic N) is 2. The van der Waals surface area contributed by atoms with Crippen molar-refractivity contribution in [2.75, 3.05) is 0 Å². The summed E-state index contributed by atoms with van der Waals surface area (Å²) in [4.78, 5) is 10.0. The zero-order valence-corrected chi connectivity index (χ0v) is 4.53. The van der Waals surface area contributed by atoms with Gasteiger partial charge >= 0.3 is 0 Å². The summed E-state index contributed by atoms with van der Waals surface area (Å²) in [6, 6.07) is 0. The molecule has 0 saturated carbocycles. The topological polar surface area (TPSA) is 78.9 Å². The lowest BCUT2D eigenvalue weighted by atomic mass is 10.4. The van der Waals surface area contributed by atoms with Gasteiger partial charge in [0.2, 0.25) is 0 Å². The van der Waals surface area contributed by atoms with Gasteiger partial charge in [-0.25, -0.2) is 0 Å². The molecular formula is C4H5N3O2. The van der Waals surface area contributed by atoms with E-state index in [2.05, 4.69) is 15.4 Å². The molecule has 0 atom stereocenters. The van der Waals surface area contributed by atoms with E-state index in [1.165, 1.54) is 0 Å². The molecule has 0 aliphatic heterocycles. The first-order chi connectivity index (χ1) is 4.38. The van der Waals surface area contributed by atoms with Crippen LogP contribution in [-0.4, -0.2) is 26.8 Å². The van der Waals surface area contributed by atoms with Crippen LogP contribution in [0.5, 0.6) is 0 Å². The normalized spacial score (nSPS) is 9.44. The predicted molar refractivity (Wildman–Crippen MR) is 27.7 cm³/mol. The quantitative estimate of drug-likeness (QED) is 0.505. The third-order valence-electron chi connectivity index (χ3n) is 0.912. The summed E-state index contributed by atoms with van der Waals surface area (Å²) in [7, 11) is 0. The summed E-state index contributed by atoms with van der Waals surface area (Å²) in [6.45, 7) is -0.259. The number of H-pyrrole nitrogens is 1. The van der Waals surface area contributed by atoms with Crippen LogP contribution in [0.4, 0.5) is 0 Å². The van der Waals surface area contributed by atoms with E-state index in [1.54, 1.807) is 0 Å². The average Bonchev–Trinajstić information content (AvgIpc) is 2.33. The van der Waals surface area contributed by atoms with E-state index in [4.69, 9.17) is 5.11 Å². The van der Waals surface area contributed by atoms with E-state index in [0.29, 0.717) is 6.29 Å². The van der Waals surface area contributed by atoms with Crippen molar-refractivity contribution in [3.8, 4) is 0 Å². The molecule has 0 unspecified atom stereocenters. The molecule has 1 heterocycles. The molecule has 9 heavy (non-hydrogen) atoms. The number of rotatable bonds is 2. The molecule has 0 saturated heterocycles. The fourth-order valence-electron chi connectivity index (χ4n) is 0.472. The van der Waals surface area contributed by atoms with Crippen LogP contribution >= 0.6 is 0 Å². The molecule has 5 heteroatoms. The lowest BCUT2D eigenvalue weighted by Gasteiger charge is -1.81. The lowest BCUT2D eigenvalue weighted by molar-refractivity contribution is 0.111. The second-order valence-corrected chi connectivity index (χ2v) is 1.43. The molecule has 0 aliphatic carbocycles. The van der Waals surface area contributed by atoms with E-state index in [9.17, 15) is 4.79 Å². The number of carbonyl (C=O) groups is 1. The zero-order chi connectivity index (χ0) is 6.69. The Balaban J connectivity index is 2.98. The number of aliphatic hydroxyl groups is 1. The van der Waals surface area contributed by atoms with Crippen molar-refractivity contribution in [1.29, 1.82) is 0 Å². The van der Waals surface area contributed by atoms with Gasteiger partial charge in [0.05, 0.1) is 6.61 Å². The van der Waals surface area contributed by atoms with Crippen LogP contribution in [0.25, 0.3) is 0 Å². The maximum Gasteiger partial charge on any atom is 0.172 e. The summed E-state index contributed by atoms with van der Waals surface area (Å²) in [6.07, 6.45) is 0.537. The van der Waals surface area contributed by atoms with E-state index < -0.39 is 0 Å². The number of nitrogens with one attached hydrogen (secondary N) is 1. The lowest BCUT2D eigenvalue weighted by Crippen LogP contribution is -1.89. The molecule has 0 aliphatic rings. The summed E-state index contributed by atoms with van der Waals surface area (Å²) in [5.41, 5.74) is 0.447. The predicted octanol–water partition coefficient (Wildman–Crippen LogP) is -0.891. The molecule has 48 valence electrons. The van der Waals surface area contributed by atoms with Gasteiger partial charge in [-0.2, -0.15) is 15.4 Å².